The van der Waals surface area contributed by atoms with E-state index in [1.807, 2.05) is 13.0 Å². The van der Waals surface area contributed by atoms with Crippen LogP contribution in [0.3, 0.4) is 0 Å². The van der Waals surface area contributed by atoms with Crippen LogP contribution in [-0.2, 0) is 16.6 Å². The molecular weight excluding hydrogens is 260 g/mol. The Morgan fingerprint density at radius 2 is 2.05 bits per heavy atom. The molecule has 0 aliphatic heterocycles. The number of nitrogens with one attached hydrogen (secondary N) is 1. The van der Waals surface area contributed by atoms with Crippen LogP contribution in [-0.4, -0.2) is 15.0 Å². The summed E-state index contributed by atoms with van der Waals surface area (Å²) >= 11 is 0. The fourth-order valence-electron chi connectivity index (χ4n) is 2.34. The van der Waals surface area contributed by atoms with Crippen molar-refractivity contribution in [3.8, 4) is 0 Å². The van der Waals surface area contributed by atoms with Crippen LogP contribution in [0.5, 0.6) is 0 Å². The van der Waals surface area contributed by atoms with Gasteiger partial charge in [0.15, 0.2) is 0 Å². The minimum Gasteiger partial charge on any atom is -0.326 e. The minimum atomic E-state index is -3.42. The zero-order chi connectivity index (χ0) is 14.1. The average molecular weight is 282 g/mol. The number of hydrogen-bond donors (Lipinski definition) is 2. The van der Waals surface area contributed by atoms with Gasteiger partial charge in [0.25, 0.3) is 0 Å². The van der Waals surface area contributed by atoms with Gasteiger partial charge in [0.1, 0.15) is 0 Å². The lowest BCUT2D eigenvalue weighted by molar-refractivity contribution is 0.166. The van der Waals surface area contributed by atoms with E-state index in [2.05, 4.69) is 11.6 Å². The smallest absolute Gasteiger partial charge is 0.240 e. The Kier molecular flexibility index (Phi) is 3.99. The molecule has 0 amide bonds. The van der Waals surface area contributed by atoms with Crippen LogP contribution >= 0.6 is 0 Å². The quantitative estimate of drug-likeness (QED) is 0.866. The summed E-state index contributed by atoms with van der Waals surface area (Å²) in [5.74, 6) is 0. The van der Waals surface area contributed by atoms with Gasteiger partial charge in [-0.05, 0) is 48.4 Å². The van der Waals surface area contributed by atoms with Crippen LogP contribution < -0.4 is 10.5 Å². The predicted octanol–water partition coefficient (Wildman–Crippen LogP) is 1.92. The lowest BCUT2D eigenvalue weighted by Gasteiger charge is -2.38. The predicted molar refractivity (Wildman–Crippen MR) is 76.2 cm³/mol. The van der Waals surface area contributed by atoms with Crippen molar-refractivity contribution in [3.05, 3.63) is 29.3 Å². The molecule has 0 aromatic heterocycles. The highest BCUT2D eigenvalue weighted by Gasteiger charge is 2.33. The molecule has 1 aromatic rings. The zero-order valence-electron chi connectivity index (χ0n) is 11.6. The number of nitrogens with two attached hydrogens (primary N) is 1. The van der Waals surface area contributed by atoms with E-state index in [0.29, 0.717) is 18.0 Å². The molecule has 0 unspecified atom stereocenters. The second-order valence-corrected chi connectivity index (χ2v) is 7.55. The summed E-state index contributed by atoms with van der Waals surface area (Å²) in [6, 6.07) is 5.11. The molecule has 1 saturated carbocycles. The molecule has 19 heavy (non-hydrogen) atoms. The third-order valence-electron chi connectivity index (χ3n) is 4.10. The monoisotopic (exact) mass is 282 g/mol. The van der Waals surface area contributed by atoms with Crippen LogP contribution in [0.2, 0.25) is 0 Å². The van der Waals surface area contributed by atoms with E-state index in [1.54, 1.807) is 12.1 Å². The molecule has 0 saturated heterocycles. The summed E-state index contributed by atoms with van der Waals surface area (Å²) in [7, 11) is -3.42. The van der Waals surface area contributed by atoms with Gasteiger partial charge >= 0.3 is 0 Å². The topological polar surface area (TPSA) is 72.2 Å². The number of rotatable bonds is 5. The lowest BCUT2D eigenvalue weighted by atomic mass is 9.71. The summed E-state index contributed by atoms with van der Waals surface area (Å²) in [6.45, 7) is 4.93. The molecule has 0 heterocycles. The molecule has 106 valence electrons. The fraction of sp³-hybridized carbons (Fsp3) is 0.571. The van der Waals surface area contributed by atoms with Gasteiger partial charge in [0.2, 0.25) is 10.0 Å². The fourth-order valence-corrected chi connectivity index (χ4v) is 3.59. The molecular formula is C14H22N2O2S. The molecule has 0 atom stereocenters. The summed E-state index contributed by atoms with van der Waals surface area (Å²) in [5.41, 5.74) is 7.65. The third-order valence-corrected chi connectivity index (χ3v) is 5.50. The molecule has 2 rings (SSSR count). The molecule has 5 heteroatoms. The number of sulfonamides is 1. The van der Waals surface area contributed by atoms with E-state index in [4.69, 9.17) is 5.73 Å². The normalized spacial score (nSPS) is 18.1. The first-order valence-corrected chi connectivity index (χ1v) is 8.14. The lowest BCUT2D eigenvalue weighted by Crippen LogP contribution is -2.39. The van der Waals surface area contributed by atoms with Gasteiger partial charge in [-0.1, -0.05) is 19.4 Å². The highest BCUT2D eigenvalue weighted by Crippen LogP contribution is 2.39. The maximum absolute atomic E-state index is 12.2. The van der Waals surface area contributed by atoms with Crippen molar-refractivity contribution in [3.63, 3.8) is 0 Å². The van der Waals surface area contributed by atoms with Gasteiger partial charge in [-0.25, -0.2) is 13.1 Å². The van der Waals surface area contributed by atoms with Crippen molar-refractivity contribution in [2.75, 3.05) is 6.54 Å². The highest BCUT2D eigenvalue weighted by molar-refractivity contribution is 7.89. The van der Waals surface area contributed by atoms with Gasteiger partial charge in [0, 0.05) is 13.1 Å². The summed E-state index contributed by atoms with van der Waals surface area (Å²) in [6.07, 6.45) is 3.38. The van der Waals surface area contributed by atoms with Gasteiger partial charge < -0.3 is 5.73 Å². The van der Waals surface area contributed by atoms with Crippen LogP contribution in [0, 0.1) is 12.3 Å². The second-order valence-electron chi connectivity index (χ2n) is 5.78. The Balaban J connectivity index is 2.14. The Morgan fingerprint density at radius 1 is 1.37 bits per heavy atom. The van der Waals surface area contributed by atoms with Crippen molar-refractivity contribution < 1.29 is 8.42 Å². The molecule has 4 nitrogen and oxygen atoms in total. The number of hydrogen-bond acceptors (Lipinski definition) is 3. The Hall–Kier alpha value is -0.910. The van der Waals surface area contributed by atoms with Gasteiger partial charge in [-0.3, -0.25) is 0 Å². The maximum Gasteiger partial charge on any atom is 0.240 e. The zero-order valence-corrected chi connectivity index (χ0v) is 12.4. The summed E-state index contributed by atoms with van der Waals surface area (Å²) in [5, 5.41) is 0. The first kappa shape index (κ1) is 14.5. The largest absolute Gasteiger partial charge is 0.326 e. The number of aryl methyl sites for hydroxylation is 1. The van der Waals surface area contributed by atoms with Crippen LogP contribution in [0.4, 0.5) is 0 Å². The van der Waals surface area contributed by atoms with Crippen molar-refractivity contribution in [2.45, 2.75) is 44.6 Å². The maximum atomic E-state index is 12.2. The molecule has 1 fully saturated rings. The van der Waals surface area contributed by atoms with Gasteiger partial charge in [0.05, 0.1) is 4.90 Å². The Bertz CT molecular complexity index is 563. The average Bonchev–Trinajstić information content (AvgIpc) is 2.34. The minimum absolute atomic E-state index is 0.133. The van der Waals surface area contributed by atoms with Gasteiger partial charge in [-0.15, -0.1) is 0 Å². The first-order valence-electron chi connectivity index (χ1n) is 6.66. The Labute approximate surface area is 115 Å². The van der Waals surface area contributed by atoms with E-state index in [9.17, 15) is 8.42 Å². The van der Waals surface area contributed by atoms with Crippen LogP contribution in [0.1, 0.15) is 37.3 Å². The van der Waals surface area contributed by atoms with Crippen molar-refractivity contribution in [2.24, 2.45) is 11.1 Å². The highest BCUT2D eigenvalue weighted by atomic mass is 32.2. The number of benzene rings is 1. The summed E-state index contributed by atoms with van der Waals surface area (Å²) < 4.78 is 27.2. The van der Waals surface area contributed by atoms with Gasteiger partial charge in [-0.2, -0.15) is 0 Å². The van der Waals surface area contributed by atoms with E-state index in [-0.39, 0.29) is 5.41 Å². The molecule has 1 aliphatic carbocycles. The van der Waals surface area contributed by atoms with Crippen LogP contribution in [0.25, 0.3) is 0 Å². The van der Waals surface area contributed by atoms with E-state index >= 15 is 0 Å². The second kappa shape index (κ2) is 5.23. The standard InChI is InChI=1S/C14H22N2O2S/c1-11-4-5-13(8-12(11)9-15)19(17,18)16-10-14(2)6-3-7-14/h4-5,8,16H,3,6-7,9-10,15H2,1-2H3. The molecule has 3 N–H and O–H groups in total. The van der Waals surface area contributed by atoms with E-state index in [0.717, 1.165) is 24.0 Å². The molecule has 1 aromatic carbocycles. The van der Waals surface area contributed by atoms with Crippen molar-refractivity contribution in [1.29, 1.82) is 0 Å². The van der Waals surface area contributed by atoms with E-state index < -0.39 is 10.0 Å². The molecule has 0 bridgehead atoms. The van der Waals surface area contributed by atoms with E-state index in [1.165, 1.54) is 6.42 Å². The first-order chi connectivity index (χ1) is 8.86. The SMILES string of the molecule is Cc1ccc(S(=O)(=O)NCC2(C)CCC2)cc1CN. The molecule has 1 aliphatic rings. The summed E-state index contributed by atoms with van der Waals surface area (Å²) in [4.78, 5) is 0.307. The Morgan fingerprint density at radius 3 is 2.58 bits per heavy atom. The molecule has 0 spiro atoms. The molecule has 0 radical (unpaired) electrons. The van der Waals surface area contributed by atoms with Crippen molar-refractivity contribution in [1.82, 2.24) is 4.72 Å². The van der Waals surface area contributed by atoms with Crippen molar-refractivity contribution >= 4 is 10.0 Å². The van der Waals surface area contributed by atoms with Crippen LogP contribution in [0.15, 0.2) is 23.1 Å². The third kappa shape index (κ3) is 3.16.